The van der Waals surface area contributed by atoms with Crippen molar-refractivity contribution in [2.24, 2.45) is 0 Å². The van der Waals surface area contributed by atoms with Crippen LogP contribution in [0.25, 0.3) is 0 Å². The van der Waals surface area contributed by atoms with Crippen LogP contribution in [-0.2, 0) is 10.0 Å². The van der Waals surface area contributed by atoms with Crippen LogP contribution in [0.1, 0.15) is 13.3 Å². The zero-order chi connectivity index (χ0) is 12.9. The lowest BCUT2D eigenvalue weighted by atomic mass is 10.4. The summed E-state index contributed by atoms with van der Waals surface area (Å²) in [7, 11) is -3.61. The Balaban J connectivity index is 3.12. The van der Waals surface area contributed by atoms with Crippen molar-refractivity contribution in [1.82, 2.24) is 4.31 Å². The number of rotatable bonds is 6. The maximum absolute atomic E-state index is 12.3. The van der Waals surface area contributed by atoms with E-state index in [9.17, 15) is 8.42 Å². The predicted molar refractivity (Wildman–Crippen MR) is 67.6 cm³/mol. The molecule has 0 aliphatic rings. The van der Waals surface area contributed by atoms with Gasteiger partial charge < -0.3 is 5.11 Å². The van der Waals surface area contributed by atoms with Crippen molar-refractivity contribution in [3.63, 3.8) is 0 Å². The Morgan fingerprint density at radius 3 is 2.47 bits per heavy atom. The molecule has 0 saturated heterocycles. The zero-order valence-electron chi connectivity index (χ0n) is 9.63. The molecule has 0 unspecified atom stereocenters. The van der Waals surface area contributed by atoms with Gasteiger partial charge in [-0.2, -0.15) is 4.31 Å². The fraction of sp³-hybridized carbons (Fsp3) is 0.455. The van der Waals surface area contributed by atoms with Gasteiger partial charge in [-0.15, -0.1) is 0 Å². The molecule has 0 heterocycles. The first-order chi connectivity index (χ1) is 8.04. The largest absolute Gasteiger partial charge is 0.395 e. The van der Waals surface area contributed by atoms with Gasteiger partial charge in [0.25, 0.3) is 0 Å². The van der Waals surface area contributed by atoms with Crippen LogP contribution in [0.4, 0.5) is 0 Å². The number of nitrogens with zero attached hydrogens (tertiary/aromatic N) is 1. The van der Waals surface area contributed by atoms with Crippen LogP contribution in [0.2, 0.25) is 5.02 Å². The predicted octanol–water partition coefficient (Wildman–Crippen LogP) is 1.73. The summed E-state index contributed by atoms with van der Waals surface area (Å²) < 4.78 is 25.8. The number of aliphatic hydroxyl groups is 1. The van der Waals surface area contributed by atoms with Crippen LogP contribution in [0.3, 0.4) is 0 Å². The maximum atomic E-state index is 12.3. The molecule has 17 heavy (non-hydrogen) atoms. The van der Waals surface area contributed by atoms with E-state index in [1.807, 2.05) is 6.92 Å². The zero-order valence-corrected chi connectivity index (χ0v) is 11.2. The highest BCUT2D eigenvalue weighted by Crippen LogP contribution is 2.24. The Hall–Kier alpha value is -0.620. The summed E-state index contributed by atoms with van der Waals surface area (Å²) in [5.41, 5.74) is 0. The van der Waals surface area contributed by atoms with Crippen LogP contribution >= 0.6 is 11.6 Å². The topological polar surface area (TPSA) is 57.6 Å². The third-order valence-electron chi connectivity index (χ3n) is 2.28. The minimum absolute atomic E-state index is 0.0847. The first kappa shape index (κ1) is 14.4. The molecule has 0 radical (unpaired) electrons. The Morgan fingerprint density at radius 2 is 1.94 bits per heavy atom. The number of hydrogen-bond donors (Lipinski definition) is 1. The van der Waals surface area contributed by atoms with Gasteiger partial charge in [-0.25, -0.2) is 8.42 Å². The second-order valence-electron chi connectivity index (χ2n) is 3.56. The third-order valence-corrected chi connectivity index (χ3v) is 4.68. The van der Waals surface area contributed by atoms with Crippen molar-refractivity contribution in [2.75, 3.05) is 19.7 Å². The average molecular weight is 278 g/mol. The van der Waals surface area contributed by atoms with Crippen molar-refractivity contribution in [1.29, 1.82) is 0 Å². The summed E-state index contributed by atoms with van der Waals surface area (Å²) in [4.78, 5) is 0.0866. The van der Waals surface area contributed by atoms with Crippen LogP contribution in [0.15, 0.2) is 29.2 Å². The van der Waals surface area contributed by atoms with Crippen LogP contribution in [0.5, 0.6) is 0 Å². The number of hydrogen-bond acceptors (Lipinski definition) is 3. The normalized spacial score (nSPS) is 12.0. The molecule has 0 aromatic heterocycles. The van der Waals surface area contributed by atoms with E-state index in [0.717, 1.165) is 0 Å². The summed E-state index contributed by atoms with van der Waals surface area (Å²) in [6, 6.07) is 6.31. The molecular formula is C11H16ClNO3S. The molecule has 4 nitrogen and oxygen atoms in total. The molecule has 0 saturated carbocycles. The SMILES string of the molecule is CCCN(CCO)S(=O)(=O)c1ccccc1Cl. The monoisotopic (exact) mass is 277 g/mol. The van der Waals surface area contributed by atoms with Gasteiger partial charge in [-0.1, -0.05) is 30.7 Å². The average Bonchev–Trinajstić information content (AvgIpc) is 2.29. The minimum Gasteiger partial charge on any atom is -0.395 e. The molecule has 0 amide bonds. The third kappa shape index (κ3) is 3.42. The molecule has 0 fully saturated rings. The lowest BCUT2D eigenvalue weighted by Crippen LogP contribution is -2.34. The highest BCUT2D eigenvalue weighted by atomic mass is 35.5. The molecule has 1 aromatic carbocycles. The lowest BCUT2D eigenvalue weighted by molar-refractivity contribution is 0.253. The number of benzene rings is 1. The molecule has 0 aliphatic carbocycles. The van der Waals surface area contributed by atoms with Gasteiger partial charge in [-0.3, -0.25) is 0 Å². The summed E-state index contributed by atoms with van der Waals surface area (Å²) in [6.45, 7) is 2.13. The van der Waals surface area contributed by atoms with E-state index in [0.29, 0.717) is 13.0 Å². The lowest BCUT2D eigenvalue weighted by Gasteiger charge is -2.21. The molecule has 0 bridgehead atoms. The molecule has 1 N–H and O–H groups in total. The Morgan fingerprint density at radius 1 is 1.29 bits per heavy atom. The first-order valence-corrected chi connectivity index (χ1v) is 7.21. The Bertz CT molecular complexity index is 456. The van der Waals surface area contributed by atoms with E-state index >= 15 is 0 Å². The van der Waals surface area contributed by atoms with Crippen molar-refractivity contribution in [3.8, 4) is 0 Å². The molecule has 96 valence electrons. The number of aliphatic hydroxyl groups excluding tert-OH is 1. The van der Waals surface area contributed by atoms with E-state index < -0.39 is 10.0 Å². The highest BCUT2D eigenvalue weighted by molar-refractivity contribution is 7.89. The maximum Gasteiger partial charge on any atom is 0.244 e. The van der Waals surface area contributed by atoms with Gasteiger partial charge >= 0.3 is 0 Å². The Kier molecular flexibility index (Phi) is 5.39. The van der Waals surface area contributed by atoms with Crippen LogP contribution in [0, 0.1) is 0 Å². The van der Waals surface area contributed by atoms with Gasteiger partial charge in [0, 0.05) is 13.1 Å². The van der Waals surface area contributed by atoms with Gasteiger partial charge in [-0.05, 0) is 18.6 Å². The smallest absolute Gasteiger partial charge is 0.244 e. The Labute approximate surface area is 107 Å². The van der Waals surface area contributed by atoms with Crippen LogP contribution < -0.4 is 0 Å². The second-order valence-corrected chi connectivity index (χ2v) is 5.87. The summed E-state index contributed by atoms with van der Waals surface area (Å²) in [5, 5.41) is 9.10. The molecule has 0 spiro atoms. The van der Waals surface area contributed by atoms with E-state index in [-0.39, 0.29) is 23.1 Å². The summed E-state index contributed by atoms with van der Waals surface area (Å²) in [5.74, 6) is 0. The van der Waals surface area contributed by atoms with Crippen LogP contribution in [-0.4, -0.2) is 37.5 Å². The second kappa shape index (κ2) is 6.35. The quantitative estimate of drug-likeness (QED) is 0.862. The van der Waals surface area contributed by atoms with E-state index in [4.69, 9.17) is 16.7 Å². The fourth-order valence-corrected chi connectivity index (χ4v) is 3.52. The molecular weight excluding hydrogens is 262 g/mol. The van der Waals surface area contributed by atoms with Crippen molar-refractivity contribution in [3.05, 3.63) is 29.3 Å². The highest BCUT2D eigenvalue weighted by Gasteiger charge is 2.25. The van der Waals surface area contributed by atoms with Crippen molar-refractivity contribution in [2.45, 2.75) is 18.2 Å². The van der Waals surface area contributed by atoms with Gasteiger partial charge in [0.05, 0.1) is 11.6 Å². The number of sulfonamides is 1. The van der Waals surface area contributed by atoms with Gasteiger partial charge in [0.1, 0.15) is 4.90 Å². The molecule has 6 heteroatoms. The first-order valence-electron chi connectivity index (χ1n) is 5.39. The van der Waals surface area contributed by atoms with E-state index in [1.54, 1.807) is 12.1 Å². The summed E-state index contributed by atoms with van der Waals surface area (Å²) in [6.07, 6.45) is 0.684. The van der Waals surface area contributed by atoms with Gasteiger partial charge in [0.2, 0.25) is 10.0 Å². The van der Waals surface area contributed by atoms with Gasteiger partial charge in [0.15, 0.2) is 0 Å². The van der Waals surface area contributed by atoms with E-state index in [1.165, 1.54) is 16.4 Å². The molecule has 0 aliphatic heterocycles. The van der Waals surface area contributed by atoms with E-state index in [2.05, 4.69) is 0 Å². The number of halogens is 1. The molecule has 1 aromatic rings. The van der Waals surface area contributed by atoms with Crippen molar-refractivity contribution >= 4 is 21.6 Å². The molecule has 0 atom stereocenters. The summed E-state index contributed by atoms with van der Waals surface area (Å²) >= 11 is 5.88. The fourth-order valence-electron chi connectivity index (χ4n) is 1.51. The molecule has 1 rings (SSSR count). The standard InChI is InChI=1S/C11H16ClNO3S/c1-2-7-13(8-9-14)17(15,16)11-6-4-3-5-10(11)12/h3-6,14H,2,7-9H2,1H3. The van der Waals surface area contributed by atoms with Crippen molar-refractivity contribution < 1.29 is 13.5 Å². The minimum atomic E-state index is -3.61.